The van der Waals surface area contributed by atoms with E-state index in [0.717, 1.165) is 12.0 Å². The second-order valence-corrected chi connectivity index (χ2v) is 4.80. The van der Waals surface area contributed by atoms with E-state index in [0.29, 0.717) is 0 Å². The van der Waals surface area contributed by atoms with E-state index in [9.17, 15) is 0 Å². The number of hydrogen-bond acceptors (Lipinski definition) is 2. The summed E-state index contributed by atoms with van der Waals surface area (Å²) >= 11 is 2.10. The number of nitrogens with one attached hydrogen (secondary N) is 1. The highest BCUT2D eigenvalue weighted by Gasteiger charge is 2.13. The lowest BCUT2D eigenvalue weighted by molar-refractivity contribution is 0.671. The Morgan fingerprint density at radius 3 is 2.91 bits per heavy atom. The van der Waals surface area contributed by atoms with Gasteiger partial charge in [-0.25, -0.2) is 0 Å². The molecule has 1 nitrogen and oxygen atoms in total. The minimum atomic E-state index is 0.818. The zero-order valence-corrected chi connectivity index (χ0v) is 8.41. The van der Waals surface area contributed by atoms with Gasteiger partial charge in [0.2, 0.25) is 0 Å². The summed E-state index contributed by atoms with van der Waals surface area (Å²) in [5.74, 6) is 3.48. The first-order valence-corrected chi connectivity index (χ1v) is 5.75. The minimum Gasteiger partial charge on any atom is -0.313 e. The van der Waals surface area contributed by atoms with Gasteiger partial charge in [0.1, 0.15) is 0 Å². The fourth-order valence-corrected chi connectivity index (χ4v) is 2.52. The maximum absolute atomic E-state index is 3.51. The molecule has 0 aromatic heterocycles. The van der Waals surface area contributed by atoms with Crippen molar-refractivity contribution in [1.29, 1.82) is 0 Å². The van der Waals surface area contributed by atoms with E-state index in [1.54, 1.807) is 0 Å². The molecule has 1 aliphatic heterocycles. The van der Waals surface area contributed by atoms with Crippen LogP contribution in [0.4, 0.5) is 0 Å². The van der Waals surface area contributed by atoms with Crippen LogP contribution in [-0.2, 0) is 0 Å². The van der Waals surface area contributed by atoms with Gasteiger partial charge in [-0.1, -0.05) is 13.8 Å². The Morgan fingerprint density at radius 1 is 1.55 bits per heavy atom. The second-order valence-electron chi connectivity index (χ2n) is 3.72. The molecule has 0 amide bonds. The molecule has 2 heteroatoms. The van der Waals surface area contributed by atoms with Gasteiger partial charge in [0, 0.05) is 11.8 Å². The number of thioether (sulfide) groups is 1. The predicted molar refractivity (Wildman–Crippen MR) is 53.2 cm³/mol. The van der Waals surface area contributed by atoms with E-state index in [1.165, 1.54) is 30.9 Å². The van der Waals surface area contributed by atoms with Crippen LogP contribution < -0.4 is 5.32 Å². The lowest BCUT2D eigenvalue weighted by Crippen LogP contribution is -2.23. The molecular weight excluding hydrogens is 154 g/mol. The molecule has 0 aromatic carbocycles. The summed E-state index contributed by atoms with van der Waals surface area (Å²) in [4.78, 5) is 0. The third-order valence-electron chi connectivity index (χ3n) is 1.93. The van der Waals surface area contributed by atoms with Crippen molar-refractivity contribution >= 4 is 11.8 Å². The van der Waals surface area contributed by atoms with Gasteiger partial charge in [0.25, 0.3) is 0 Å². The molecule has 0 saturated carbocycles. The smallest absolute Gasteiger partial charge is 0.0158 e. The van der Waals surface area contributed by atoms with Crippen LogP contribution in [0.2, 0.25) is 0 Å². The van der Waals surface area contributed by atoms with Crippen LogP contribution in [0.15, 0.2) is 0 Å². The molecule has 1 atom stereocenters. The van der Waals surface area contributed by atoms with Crippen LogP contribution in [0.1, 0.15) is 26.7 Å². The summed E-state index contributed by atoms with van der Waals surface area (Å²) in [6.45, 7) is 5.82. The van der Waals surface area contributed by atoms with Crippen LogP contribution in [0.25, 0.3) is 0 Å². The largest absolute Gasteiger partial charge is 0.313 e. The average Bonchev–Trinajstić information content (AvgIpc) is 2.39. The van der Waals surface area contributed by atoms with Crippen molar-refractivity contribution in [2.45, 2.75) is 32.7 Å². The van der Waals surface area contributed by atoms with Gasteiger partial charge in [-0.2, -0.15) is 11.8 Å². The van der Waals surface area contributed by atoms with Gasteiger partial charge < -0.3 is 5.32 Å². The molecule has 0 bridgehead atoms. The summed E-state index contributed by atoms with van der Waals surface area (Å²) in [7, 11) is 0. The molecule has 66 valence electrons. The van der Waals surface area contributed by atoms with Crippen molar-refractivity contribution in [3.05, 3.63) is 0 Å². The number of hydrogen-bond donors (Lipinski definition) is 1. The van der Waals surface area contributed by atoms with Crippen LogP contribution in [0.5, 0.6) is 0 Å². The van der Waals surface area contributed by atoms with Crippen molar-refractivity contribution in [3.63, 3.8) is 0 Å². The van der Waals surface area contributed by atoms with E-state index in [2.05, 4.69) is 30.9 Å². The van der Waals surface area contributed by atoms with Gasteiger partial charge in [-0.15, -0.1) is 0 Å². The standard InChI is InChI=1S/C9H19NS/c1-8(2)6-11-7-9-4-3-5-10-9/h8-10H,3-7H2,1-2H3/t9-/m0/s1. The first-order valence-electron chi connectivity index (χ1n) is 4.60. The van der Waals surface area contributed by atoms with Crippen molar-refractivity contribution in [3.8, 4) is 0 Å². The molecule has 1 N–H and O–H groups in total. The first-order chi connectivity index (χ1) is 5.29. The van der Waals surface area contributed by atoms with Gasteiger partial charge in [0.15, 0.2) is 0 Å². The lowest BCUT2D eigenvalue weighted by Gasteiger charge is -2.10. The second kappa shape index (κ2) is 5.04. The Kier molecular flexibility index (Phi) is 4.31. The predicted octanol–water partition coefficient (Wildman–Crippen LogP) is 2.13. The van der Waals surface area contributed by atoms with Crippen molar-refractivity contribution in [1.82, 2.24) is 5.32 Å². The summed E-state index contributed by atoms with van der Waals surface area (Å²) in [5.41, 5.74) is 0. The highest BCUT2D eigenvalue weighted by atomic mass is 32.2. The van der Waals surface area contributed by atoms with E-state index in [4.69, 9.17) is 0 Å². The van der Waals surface area contributed by atoms with E-state index in [-0.39, 0.29) is 0 Å². The molecule has 1 saturated heterocycles. The highest BCUT2D eigenvalue weighted by Crippen LogP contribution is 2.14. The fraction of sp³-hybridized carbons (Fsp3) is 1.00. The van der Waals surface area contributed by atoms with Crippen molar-refractivity contribution in [2.24, 2.45) is 5.92 Å². The van der Waals surface area contributed by atoms with Gasteiger partial charge >= 0.3 is 0 Å². The van der Waals surface area contributed by atoms with Crippen molar-refractivity contribution in [2.75, 3.05) is 18.1 Å². The molecule has 1 aliphatic rings. The third kappa shape index (κ3) is 4.02. The van der Waals surface area contributed by atoms with Gasteiger partial charge in [-0.05, 0) is 31.1 Å². The summed E-state index contributed by atoms with van der Waals surface area (Å²) in [5, 5.41) is 3.51. The Labute approximate surface area is 74.3 Å². The lowest BCUT2D eigenvalue weighted by atomic mass is 10.3. The van der Waals surface area contributed by atoms with Gasteiger partial charge in [-0.3, -0.25) is 0 Å². The highest BCUT2D eigenvalue weighted by molar-refractivity contribution is 7.99. The average molecular weight is 173 g/mol. The Balaban J connectivity index is 1.94. The zero-order valence-electron chi connectivity index (χ0n) is 7.60. The summed E-state index contributed by atoms with van der Waals surface area (Å²) in [6, 6.07) is 0.818. The molecule has 1 rings (SSSR count). The molecule has 1 fully saturated rings. The molecule has 0 aliphatic carbocycles. The molecule has 0 aromatic rings. The maximum Gasteiger partial charge on any atom is 0.0158 e. The molecular formula is C9H19NS. The summed E-state index contributed by atoms with van der Waals surface area (Å²) < 4.78 is 0. The Bertz CT molecular complexity index is 97.7. The molecule has 0 spiro atoms. The van der Waals surface area contributed by atoms with Gasteiger partial charge in [0.05, 0.1) is 0 Å². The van der Waals surface area contributed by atoms with Crippen LogP contribution in [-0.4, -0.2) is 24.1 Å². The molecule has 0 radical (unpaired) electrons. The first kappa shape index (κ1) is 9.40. The van der Waals surface area contributed by atoms with Crippen LogP contribution in [0, 0.1) is 5.92 Å². The zero-order chi connectivity index (χ0) is 8.10. The normalized spacial score (nSPS) is 24.8. The van der Waals surface area contributed by atoms with E-state index >= 15 is 0 Å². The molecule has 1 heterocycles. The number of rotatable bonds is 4. The minimum absolute atomic E-state index is 0.818. The topological polar surface area (TPSA) is 12.0 Å². The Morgan fingerprint density at radius 2 is 2.36 bits per heavy atom. The van der Waals surface area contributed by atoms with Crippen molar-refractivity contribution < 1.29 is 0 Å². The van der Waals surface area contributed by atoms with Crippen LogP contribution >= 0.6 is 11.8 Å². The fourth-order valence-electron chi connectivity index (χ4n) is 1.34. The monoisotopic (exact) mass is 173 g/mol. The maximum atomic E-state index is 3.51. The molecule has 11 heavy (non-hydrogen) atoms. The Hall–Kier alpha value is 0.310. The van der Waals surface area contributed by atoms with E-state index in [1.807, 2.05) is 0 Å². The van der Waals surface area contributed by atoms with E-state index < -0.39 is 0 Å². The SMILES string of the molecule is CC(C)CSC[C@@H]1CCCN1. The quantitative estimate of drug-likeness (QED) is 0.699. The summed E-state index contributed by atoms with van der Waals surface area (Å²) in [6.07, 6.45) is 2.78. The third-order valence-corrected chi connectivity index (χ3v) is 3.47. The van der Waals surface area contributed by atoms with Crippen LogP contribution in [0.3, 0.4) is 0 Å². The molecule has 0 unspecified atom stereocenters.